The fourth-order valence-corrected chi connectivity index (χ4v) is 4.42. The van der Waals surface area contributed by atoms with Crippen molar-refractivity contribution in [2.45, 2.75) is 32.0 Å². The summed E-state index contributed by atoms with van der Waals surface area (Å²) in [6, 6.07) is 33.9. The SMILES string of the molecule is C[C@H](c1ccccc1)N(Cc1ccccc1)C(CC(=O)O)c1ccc(F)c(-c2ccccc2)c1. The molecule has 4 aromatic rings. The van der Waals surface area contributed by atoms with Gasteiger partial charge in [0.15, 0.2) is 0 Å². The molecule has 172 valence electrons. The van der Waals surface area contributed by atoms with E-state index in [0.29, 0.717) is 12.1 Å². The van der Waals surface area contributed by atoms with Gasteiger partial charge in [0.1, 0.15) is 5.82 Å². The maximum atomic E-state index is 14.8. The predicted octanol–water partition coefficient (Wildman–Crippen LogP) is 7.27. The molecule has 1 unspecified atom stereocenters. The molecular weight excluding hydrogens is 425 g/mol. The first-order valence-corrected chi connectivity index (χ1v) is 11.4. The minimum absolute atomic E-state index is 0.0593. The second-order valence-electron chi connectivity index (χ2n) is 8.46. The summed E-state index contributed by atoms with van der Waals surface area (Å²) in [4.78, 5) is 14.2. The lowest BCUT2D eigenvalue weighted by atomic mass is 9.93. The highest BCUT2D eigenvalue weighted by Gasteiger charge is 2.29. The fraction of sp³-hybridized carbons (Fsp3) is 0.167. The summed E-state index contributed by atoms with van der Waals surface area (Å²) in [5.41, 5.74) is 4.20. The molecule has 1 N–H and O–H groups in total. The first-order valence-electron chi connectivity index (χ1n) is 11.4. The molecular formula is C30H28FNO2. The topological polar surface area (TPSA) is 40.5 Å². The molecule has 0 aliphatic rings. The van der Waals surface area contributed by atoms with Crippen molar-refractivity contribution in [1.29, 1.82) is 0 Å². The first-order chi connectivity index (χ1) is 16.5. The molecule has 4 aromatic carbocycles. The zero-order chi connectivity index (χ0) is 23.9. The summed E-state index contributed by atoms with van der Waals surface area (Å²) < 4.78 is 14.8. The van der Waals surface area contributed by atoms with E-state index in [4.69, 9.17) is 0 Å². The third-order valence-corrected chi connectivity index (χ3v) is 6.22. The van der Waals surface area contributed by atoms with Crippen molar-refractivity contribution in [3.63, 3.8) is 0 Å². The summed E-state index contributed by atoms with van der Waals surface area (Å²) in [7, 11) is 0. The van der Waals surface area contributed by atoms with Crippen molar-refractivity contribution >= 4 is 5.97 Å². The van der Waals surface area contributed by atoms with Gasteiger partial charge in [-0.25, -0.2) is 4.39 Å². The third-order valence-electron chi connectivity index (χ3n) is 6.22. The highest BCUT2D eigenvalue weighted by atomic mass is 19.1. The number of carboxylic acid groups (broad SMARTS) is 1. The van der Waals surface area contributed by atoms with Gasteiger partial charge in [-0.2, -0.15) is 0 Å². The zero-order valence-corrected chi connectivity index (χ0v) is 19.1. The number of carboxylic acids is 1. The van der Waals surface area contributed by atoms with E-state index >= 15 is 0 Å². The van der Waals surface area contributed by atoms with E-state index in [2.05, 4.69) is 24.0 Å². The Hall–Kier alpha value is -3.76. The maximum Gasteiger partial charge on any atom is 0.305 e. The molecule has 2 atom stereocenters. The molecule has 4 heteroatoms. The number of benzene rings is 4. The van der Waals surface area contributed by atoms with Gasteiger partial charge >= 0.3 is 5.97 Å². The minimum Gasteiger partial charge on any atom is -0.481 e. The van der Waals surface area contributed by atoms with Gasteiger partial charge in [0.2, 0.25) is 0 Å². The summed E-state index contributed by atoms with van der Waals surface area (Å²) in [6.07, 6.45) is -0.0934. The van der Waals surface area contributed by atoms with Gasteiger partial charge in [-0.1, -0.05) is 97.1 Å². The lowest BCUT2D eigenvalue weighted by molar-refractivity contribution is -0.138. The Kier molecular flexibility index (Phi) is 7.51. The van der Waals surface area contributed by atoms with Crippen molar-refractivity contribution in [3.05, 3.63) is 132 Å². The quantitative estimate of drug-likeness (QED) is 0.290. The van der Waals surface area contributed by atoms with Crippen LogP contribution in [0.4, 0.5) is 4.39 Å². The number of nitrogens with zero attached hydrogens (tertiary/aromatic N) is 1. The Morgan fingerprint density at radius 2 is 1.41 bits per heavy atom. The van der Waals surface area contributed by atoms with Crippen molar-refractivity contribution in [2.75, 3.05) is 0 Å². The van der Waals surface area contributed by atoms with Crippen LogP contribution in [-0.2, 0) is 11.3 Å². The Bertz CT molecular complexity index is 1210. The van der Waals surface area contributed by atoms with E-state index in [1.54, 1.807) is 12.1 Å². The third kappa shape index (κ3) is 5.59. The second-order valence-corrected chi connectivity index (χ2v) is 8.46. The van der Waals surface area contributed by atoms with E-state index in [-0.39, 0.29) is 18.3 Å². The minimum atomic E-state index is -0.895. The van der Waals surface area contributed by atoms with Crippen LogP contribution in [0.2, 0.25) is 0 Å². The largest absolute Gasteiger partial charge is 0.481 e. The van der Waals surface area contributed by atoms with Gasteiger partial charge in [0.05, 0.1) is 6.42 Å². The molecule has 0 aliphatic carbocycles. The van der Waals surface area contributed by atoms with Gasteiger partial charge in [-0.15, -0.1) is 0 Å². The molecule has 0 spiro atoms. The highest BCUT2D eigenvalue weighted by molar-refractivity contribution is 5.69. The Balaban J connectivity index is 1.80. The Labute approximate surface area is 200 Å². The van der Waals surface area contributed by atoms with Crippen LogP contribution in [0.3, 0.4) is 0 Å². The van der Waals surface area contributed by atoms with E-state index < -0.39 is 12.0 Å². The Morgan fingerprint density at radius 3 is 2.03 bits per heavy atom. The van der Waals surface area contributed by atoms with Gasteiger partial charge in [0, 0.05) is 24.2 Å². The van der Waals surface area contributed by atoms with E-state index in [9.17, 15) is 14.3 Å². The van der Waals surface area contributed by atoms with E-state index in [0.717, 1.165) is 22.3 Å². The van der Waals surface area contributed by atoms with Crippen LogP contribution in [0.1, 0.15) is 42.1 Å². The molecule has 34 heavy (non-hydrogen) atoms. The number of halogens is 1. The lowest BCUT2D eigenvalue weighted by Gasteiger charge is -2.37. The number of carbonyl (C=O) groups is 1. The van der Waals surface area contributed by atoms with Gasteiger partial charge < -0.3 is 5.11 Å². The molecule has 0 aliphatic heterocycles. The molecule has 0 fully saturated rings. The maximum absolute atomic E-state index is 14.8. The summed E-state index contributed by atoms with van der Waals surface area (Å²) in [5.74, 6) is -1.22. The summed E-state index contributed by atoms with van der Waals surface area (Å²) >= 11 is 0. The van der Waals surface area contributed by atoms with Crippen LogP contribution in [0, 0.1) is 5.82 Å². The lowest BCUT2D eigenvalue weighted by Crippen LogP contribution is -2.32. The van der Waals surface area contributed by atoms with Crippen molar-refractivity contribution < 1.29 is 14.3 Å². The average molecular weight is 454 g/mol. The standard InChI is InChI=1S/C30H28FNO2/c1-22(24-13-7-3-8-14-24)32(21-23-11-5-2-6-12-23)29(20-30(33)34)26-17-18-28(31)27(19-26)25-15-9-4-10-16-25/h2-19,22,29H,20-21H2,1H3,(H,33,34)/t22-,29?/m1/s1. The smallest absolute Gasteiger partial charge is 0.305 e. The van der Waals surface area contributed by atoms with Crippen molar-refractivity contribution in [3.8, 4) is 11.1 Å². The predicted molar refractivity (Wildman–Crippen MR) is 134 cm³/mol. The van der Waals surface area contributed by atoms with Crippen LogP contribution >= 0.6 is 0 Å². The molecule has 0 aromatic heterocycles. The second kappa shape index (κ2) is 10.9. The number of hydrogen-bond acceptors (Lipinski definition) is 2. The number of hydrogen-bond donors (Lipinski definition) is 1. The molecule has 0 saturated carbocycles. The Morgan fingerprint density at radius 1 is 0.824 bits per heavy atom. The zero-order valence-electron chi connectivity index (χ0n) is 19.1. The van der Waals surface area contributed by atoms with Crippen LogP contribution in [0.15, 0.2) is 109 Å². The molecule has 3 nitrogen and oxygen atoms in total. The van der Waals surface area contributed by atoms with Crippen LogP contribution < -0.4 is 0 Å². The molecule has 0 bridgehead atoms. The normalized spacial score (nSPS) is 12.9. The van der Waals surface area contributed by atoms with E-state index in [1.807, 2.05) is 78.9 Å². The van der Waals surface area contributed by atoms with Crippen LogP contribution in [0.5, 0.6) is 0 Å². The molecule has 0 radical (unpaired) electrons. The highest BCUT2D eigenvalue weighted by Crippen LogP contribution is 2.36. The summed E-state index contributed by atoms with van der Waals surface area (Å²) in [6.45, 7) is 2.65. The monoisotopic (exact) mass is 453 g/mol. The molecule has 0 heterocycles. The molecule has 4 rings (SSSR count). The number of rotatable bonds is 9. The van der Waals surface area contributed by atoms with Gasteiger partial charge in [-0.05, 0) is 41.3 Å². The van der Waals surface area contributed by atoms with Crippen LogP contribution in [-0.4, -0.2) is 16.0 Å². The first kappa shape index (κ1) is 23.4. The van der Waals surface area contributed by atoms with E-state index in [1.165, 1.54) is 6.07 Å². The van der Waals surface area contributed by atoms with Gasteiger partial charge in [0.25, 0.3) is 0 Å². The molecule has 0 amide bonds. The van der Waals surface area contributed by atoms with Crippen LogP contribution in [0.25, 0.3) is 11.1 Å². The molecule has 0 saturated heterocycles. The van der Waals surface area contributed by atoms with Crippen molar-refractivity contribution in [2.24, 2.45) is 0 Å². The van der Waals surface area contributed by atoms with Gasteiger partial charge in [-0.3, -0.25) is 9.69 Å². The fourth-order valence-electron chi connectivity index (χ4n) is 4.42. The van der Waals surface area contributed by atoms with Crippen molar-refractivity contribution in [1.82, 2.24) is 4.90 Å². The average Bonchev–Trinajstić information content (AvgIpc) is 2.87. The summed E-state index contributed by atoms with van der Waals surface area (Å²) in [5, 5.41) is 9.85. The number of aliphatic carboxylic acids is 1.